The fraction of sp³-hybridized carbons (Fsp3) is 0.300. The Labute approximate surface area is 181 Å². The van der Waals surface area contributed by atoms with Crippen LogP contribution >= 0.6 is 0 Å². The van der Waals surface area contributed by atoms with Gasteiger partial charge in [0.1, 0.15) is 10.7 Å². The number of benzene rings is 1. The van der Waals surface area contributed by atoms with Gasteiger partial charge in [0.15, 0.2) is 21.5 Å². The summed E-state index contributed by atoms with van der Waals surface area (Å²) in [5, 5.41) is 1.40. The number of hydrogen-bond acceptors (Lipinski definition) is 6. The third-order valence-electron chi connectivity index (χ3n) is 5.17. The number of hydrogen-bond donors (Lipinski definition) is 2. The van der Waals surface area contributed by atoms with E-state index in [9.17, 15) is 26.0 Å². The van der Waals surface area contributed by atoms with Gasteiger partial charge in [-0.2, -0.15) is 13.2 Å². The summed E-state index contributed by atoms with van der Waals surface area (Å²) in [6, 6.07) is 6.52. The SMILES string of the molecule is CCS(=O)(=O)c1cc(-c2ccc(F)cc2)cnc1N1Nc2nc(C(F)(F)F)[nH]c2CC1C. The van der Waals surface area contributed by atoms with E-state index in [-0.39, 0.29) is 34.4 Å². The van der Waals surface area contributed by atoms with Crippen molar-refractivity contribution in [2.45, 2.75) is 37.4 Å². The van der Waals surface area contributed by atoms with Crippen LogP contribution in [0.2, 0.25) is 0 Å². The van der Waals surface area contributed by atoms with Gasteiger partial charge in [-0.25, -0.2) is 22.8 Å². The first-order chi connectivity index (χ1) is 15.0. The molecule has 2 aromatic heterocycles. The normalized spacial score (nSPS) is 16.6. The molecule has 0 fully saturated rings. The molecule has 0 amide bonds. The number of alkyl halides is 3. The van der Waals surface area contributed by atoms with Crippen molar-refractivity contribution in [1.29, 1.82) is 0 Å². The number of nitrogens with zero attached hydrogens (tertiary/aromatic N) is 3. The van der Waals surface area contributed by atoms with E-state index in [2.05, 4.69) is 20.4 Å². The summed E-state index contributed by atoms with van der Waals surface area (Å²) < 4.78 is 78.1. The van der Waals surface area contributed by atoms with Gasteiger partial charge in [0.05, 0.1) is 17.5 Å². The van der Waals surface area contributed by atoms with Crippen LogP contribution in [-0.4, -0.2) is 35.2 Å². The standard InChI is InChI=1S/C20H19F4N5O2S/c1-3-32(30,31)16-9-13(12-4-6-14(21)7-5-12)10-25-18(16)29-11(2)8-15-17(28-29)27-19(26-15)20(22,23)24/h4-7,9-11,28H,3,8H2,1-2H3,(H,26,27). The number of pyridine rings is 1. The first-order valence-corrected chi connectivity index (χ1v) is 11.4. The van der Waals surface area contributed by atoms with Crippen molar-refractivity contribution < 1.29 is 26.0 Å². The van der Waals surface area contributed by atoms with E-state index in [1.54, 1.807) is 6.92 Å². The average Bonchev–Trinajstić information content (AvgIpc) is 3.17. The Morgan fingerprint density at radius 2 is 1.88 bits per heavy atom. The van der Waals surface area contributed by atoms with Crippen molar-refractivity contribution in [3.63, 3.8) is 0 Å². The quantitative estimate of drug-likeness (QED) is 0.557. The van der Waals surface area contributed by atoms with E-state index in [4.69, 9.17) is 0 Å². The van der Waals surface area contributed by atoms with Crippen molar-refractivity contribution in [2.75, 3.05) is 16.2 Å². The highest BCUT2D eigenvalue weighted by atomic mass is 32.2. The molecular weight excluding hydrogens is 450 g/mol. The molecule has 4 rings (SSSR count). The fourth-order valence-corrected chi connectivity index (χ4v) is 4.51. The largest absolute Gasteiger partial charge is 0.449 e. The third kappa shape index (κ3) is 4.01. The topological polar surface area (TPSA) is 91.0 Å². The van der Waals surface area contributed by atoms with Crippen LogP contribution in [0.15, 0.2) is 41.4 Å². The molecule has 1 aromatic carbocycles. The van der Waals surface area contributed by atoms with E-state index in [1.807, 2.05) is 0 Å². The fourth-order valence-electron chi connectivity index (χ4n) is 3.46. The number of sulfone groups is 1. The van der Waals surface area contributed by atoms with Crippen LogP contribution < -0.4 is 10.4 Å². The van der Waals surface area contributed by atoms with Crippen molar-refractivity contribution >= 4 is 21.5 Å². The highest BCUT2D eigenvalue weighted by Crippen LogP contribution is 2.36. The lowest BCUT2D eigenvalue weighted by Crippen LogP contribution is -2.44. The van der Waals surface area contributed by atoms with E-state index in [0.29, 0.717) is 11.1 Å². The lowest BCUT2D eigenvalue weighted by atomic mass is 10.1. The van der Waals surface area contributed by atoms with Crippen LogP contribution in [-0.2, 0) is 22.4 Å². The van der Waals surface area contributed by atoms with E-state index >= 15 is 0 Å². The highest BCUT2D eigenvalue weighted by molar-refractivity contribution is 7.91. The van der Waals surface area contributed by atoms with Gasteiger partial charge in [0.2, 0.25) is 5.82 Å². The molecule has 3 heterocycles. The smallest absolute Gasteiger partial charge is 0.336 e. The molecule has 0 spiro atoms. The molecular formula is C20H19F4N5O2S. The zero-order valence-electron chi connectivity index (χ0n) is 17.0. The number of aromatic amines is 1. The molecule has 0 aliphatic carbocycles. The number of H-pyrrole nitrogens is 1. The molecule has 0 saturated carbocycles. The molecule has 0 radical (unpaired) electrons. The maximum absolute atomic E-state index is 13.3. The van der Waals surface area contributed by atoms with Crippen LogP contribution in [0.1, 0.15) is 25.4 Å². The summed E-state index contributed by atoms with van der Waals surface area (Å²) in [7, 11) is -3.76. The molecule has 170 valence electrons. The zero-order chi connectivity index (χ0) is 23.3. The number of rotatable bonds is 4. The maximum Gasteiger partial charge on any atom is 0.449 e. The molecule has 1 aliphatic heterocycles. The first kappa shape index (κ1) is 22.1. The summed E-state index contributed by atoms with van der Waals surface area (Å²) in [6.45, 7) is 3.21. The van der Waals surface area contributed by atoms with Gasteiger partial charge in [-0.3, -0.25) is 10.4 Å². The summed E-state index contributed by atoms with van der Waals surface area (Å²) in [5.41, 5.74) is 4.08. The summed E-state index contributed by atoms with van der Waals surface area (Å²) in [4.78, 5) is 10.1. The zero-order valence-corrected chi connectivity index (χ0v) is 17.9. The van der Waals surface area contributed by atoms with Gasteiger partial charge < -0.3 is 4.98 Å². The van der Waals surface area contributed by atoms with Crippen LogP contribution in [0.5, 0.6) is 0 Å². The van der Waals surface area contributed by atoms with E-state index < -0.39 is 33.7 Å². The number of anilines is 2. The third-order valence-corrected chi connectivity index (χ3v) is 6.90. The molecule has 32 heavy (non-hydrogen) atoms. The molecule has 0 bridgehead atoms. The van der Waals surface area contributed by atoms with E-state index in [0.717, 1.165) is 0 Å². The molecule has 2 N–H and O–H groups in total. The molecule has 12 heteroatoms. The van der Waals surface area contributed by atoms with Crippen molar-refractivity contribution in [1.82, 2.24) is 15.0 Å². The molecule has 0 saturated heterocycles. The minimum absolute atomic E-state index is 0.0420. The lowest BCUT2D eigenvalue weighted by Gasteiger charge is -2.35. The molecule has 1 atom stereocenters. The van der Waals surface area contributed by atoms with Crippen LogP contribution in [0.4, 0.5) is 29.2 Å². The Balaban J connectivity index is 1.79. The second-order valence-electron chi connectivity index (χ2n) is 7.40. The lowest BCUT2D eigenvalue weighted by molar-refractivity contribution is -0.144. The predicted molar refractivity (Wildman–Crippen MR) is 110 cm³/mol. The summed E-state index contributed by atoms with van der Waals surface area (Å²) in [6.07, 6.45) is -3.04. The highest BCUT2D eigenvalue weighted by Gasteiger charge is 2.38. The maximum atomic E-state index is 13.3. The predicted octanol–water partition coefficient (Wildman–Crippen LogP) is 4.20. The monoisotopic (exact) mass is 469 g/mol. The Morgan fingerprint density at radius 3 is 2.50 bits per heavy atom. The Morgan fingerprint density at radius 1 is 1.19 bits per heavy atom. The van der Waals surface area contributed by atoms with Gasteiger partial charge in [-0.1, -0.05) is 19.1 Å². The van der Waals surface area contributed by atoms with E-state index in [1.165, 1.54) is 48.5 Å². The van der Waals surface area contributed by atoms with Gasteiger partial charge in [0, 0.05) is 18.2 Å². The number of nitrogens with one attached hydrogen (secondary N) is 2. The minimum atomic E-state index is -4.64. The van der Waals surface area contributed by atoms with Crippen molar-refractivity contribution in [3.8, 4) is 11.1 Å². The van der Waals surface area contributed by atoms with Crippen LogP contribution in [0.25, 0.3) is 11.1 Å². The van der Waals surface area contributed by atoms with Crippen molar-refractivity contribution in [2.24, 2.45) is 0 Å². The first-order valence-electron chi connectivity index (χ1n) is 9.70. The van der Waals surface area contributed by atoms with Gasteiger partial charge in [-0.05, 0) is 30.7 Å². The molecule has 7 nitrogen and oxygen atoms in total. The van der Waals surface area contributed by atoms with Crippen molar-refractivity contribution in [3.05, 3.63) is 53.9 Å². The number of aromatic nitrogens is 3. The Bertz CT molecular complexity index is 1260. The average molecular weight is 469 g/mol. The van der Waals surface area contributed by atoms with Crippen LogP contribution in [0.3, 0.4) is 0 Å². The molecule has 1 aliphatic rings. The molecule has 1 unspecified atom stereocenters. The second-order valence-corrected chi connectivity index (χ2v) is 9.65. The van der Waals surface area contributed by atoms with Gasteiger partial charge in [0.25, 0.3) is 0 Å². The Hall–Kier alpha value is -3.15. The second kappa shape index (κ2) is 7.76. The Kier molecular flexibility index (Phi) is 5.35. The molecule has 3 aromatic rings. The number of fused-ring (bicyclic) bond motifs is 1. The minimum Gasteiger partial charge on any atom is -0.336 e. The summed E-state index contributed by atoms with van der Waals surface area (Å²) >= 11 is 0. The van der Waals surface area contributed by atoms with Gasteiger partial charge >= 0.3 is 6.18 Å². The van der Waals surface area contributed by atoms with Crippen LogP contribution in [0, 0.1) is 5.82 Å². The van der Waals surface area contributed by atoms with Gasteiger partial charge in [-0.15, -0.1) is 0 Å². The number of imidazole rings is 1. The summed E-state index contributed by atoms with van der Waals surface area (Å²) in [5.74, 6) is -1.76. The number of halogens is 4. The number of hydrazine groups is 1.